The van der Waals surface area contributed by atoms with Crippen LogP contribution in [0, 0.1) is 0 Å². The molecule has 0 aromatic carbocycles. The summed E-state index contributed by atoms with van der Waals surface area (Å²) in [5, 5.41) is 10.3. The molecule has 1 aliphatic heterocycles. The number of thiophene rings is 1. The molecule has 2 N–H and O–H groups in total. The molecule has 2 rings (SSSR count). The van der Waals surface area contributed by atoms with E-state index in [9.17, 15) is 4.79 Å². The van der Waals surface area contributed by atoms with E-state index in [1.54, 1.807) is 11.3 Å². The van der Waals surface area contributed by atoms with Gasteiger partial charge in [0.25, 0.3) is 0 Å². The summed E-state index contributed by atoms with van der Waals surface area (Å²) < 4.78 is 0. The average Bonchev–Trinajstić information content (AvgIpc) is 2.91. The number of rotatable bonds is 3. The minimum Gasteiger partial charge on any atom is -0.348 e. The molecule has 0 radical (unpaired) electrons. The molecule has 2 heterocycles. The topological polar surface area (TPSA) is 41.1 Å². The Hall–Kier alpha value is -0.870. The number of hydrogen-bond donors (Lipinski definition) is 2. The van der Waals surface area contributed by atoms with Gasteiger partial charge in [0.1, 0.15) is 0 Å². The Balaban J connectivity index is 1.88. The van der Waals surface area contributed by atoms with Crippen LogP contribution in [0.4, 0.5) is 0 Å². The Labute approximate surface area is 93.9 Å². The van der Waals surface area contributed by atoms with Crippen molar-refractivity contribution >= 4 is 17.2 Å². The fourth-order valence-electron chi connectivity index (χ4n) is 1.83. The van der Waals surface area contributed by atoms with Gasteiger partial charge in [0.2, 0.25) is 5.91 Å². The number of amides is 1. The molecule has 0 bridgehead atoms. The first-order valence-corrected chi connectivity index (χ1v) is 6.27. The molecule has 1 aliphatic rings. The predicted molar refractivity (Wildman–Crippen MR) is 61.9 cm³/mol. The van der Waals surface area contributed by atoms with Gasteiger partial charge < -0.3 is 10.6 Å². The van der Waals surface area contributed by atoms with Crippen molar-refractivity contribution in [2.24, 2.45) is 0 Å². The molecular formula is C11H16N2OS. The normalized spacial score (nSPS) is 22.6. The third-order valence-electron chi connectivity index (χ3n) is 2.78. The number of nitrogens with one attached hydrogen (secondary N) is 2. The number of carbonyl (C=O) groups excluding carboxylic acids is 1. The molecule has 82 valence electrons. The van der Waals surface area contributed by atoms with Crippen LogP contribution in [0.1, 0.15) is 31.4 Å². The summed E-state index contributed by atoms with van der Waals surface area (Å²) in [5.41, 5.74) is 1.19. The Bertz CT molecular complexity index is 317. The van der Waals surface area contributed by atoms with Crippen LogP contribution in [-0.2, 0) is 4.79 Å². The number of carbonyl (C=O) groups is 1. The highest BCUT2D eigenvalue weighted by Gasteiger charge is 2.23. The van der Waals surface area contributed by atoms with E-state index in [1.165, 1.54) is 5.56 Å². The SMILES string of the molecule is CC(NC(=O)C1CCCN1)c1ccsc1. The van der Waals surface area contributed by atoms with Crippen LogP contribution in [0.25, 0.3) is 0 Å². The van der Waals surface area contributed by atoms with Crippen LogP contribution in [0.3, 0.4) is 0 Å². The van der Waals surface area contributed by atoms with Gasteiger partial charge in [-0.25, -0.2) is 0 Å². The van der Waals surface area contributed by atoms with Gasteiger partial charge >= 0.3 is 0 Å². The fraction of sp³-hybridized carbons (Fsp3) is 0.545. The van der Waals surface area contributed by atoms with Crippen LogP contribution < -0.4 is 10.6 Å². The Kier molecular flexibility index (Phi) is 3.38. The molecule has 0 spiro atoms. The Morgan fingerprint density at radius 1 is 1.73 bits per heavy atom. The summed E-state index contributed by atoms with van der Waals surface area (Å²) >= 11 is 1.66. The van der Waals surface area contributed by atoms with Crippen molar-refractivity contribution in [2.45, 2.75) is 31.8 Å². The fourth-order valence-corrected chi connectivity index (χ4v) is 2.58. The first-order valence-electron chi connectivity index (χ1n) is 5.33. The van der Waals surface area contributed by atoms with Crippen molar-refractivity contribution in [3.8, 4) is 0 Å². The molecule has 1 aromatic heterocycles. The van der Waals surface area contributed by atoms with Crippen LogP contribution in [0.5, 0.6) is 0 Å². The Morgan fingerprint density at radius 3 is 3.20 bits per heavy atom. The molecule has 2 unspecified atom stereocenters. The lowest BCUT2D eigenvalue weighted by atomic mass is 10.1. The maximum absolute atomic E-state index is 11.8. The van der Waals surface area contributed by atoms with Crippen LogP contribution in [0.2, 0.25) is 0 Å². The lowest BCUT2D eigenvalue weighted by molar-refractivity contribution is -0.123. The minimum absolute atomic E-state index is 0.0195. The highest BCUT2D eigenvalue weighted by molar-refractivity contribution is 7.07. The largest absolute Gasteiger partial charge is 0.348 e. The molecule has 2 atom stereocenters. The maximum Gasteiger partial charge on any atom is 0.237 e. The van der Waals surface area contributed by atoms with E-state index < -0.39 is 0 Å². The zero-order valence-corrected chi connectivity index (χ0v) is 9.64. The van der Waals surface area contributed by atoms with Crippen molar-refractivity contribution in [1.82, 2.24) is 10.6 Å². The van der Waals surface area contributed by atoms with E-state index in [2.05, 4.69) is 22.1 Å². The standard InChI is InChI=1S/C11H16N2OS/c1-8(9-4-6-15-7-9)13-11(14)10-3-2-5-12-10/h4,6-8,10,12H,2-3,5H2,1H3,(H,13,14). The van der Waals surface area contributed by atoms with E-state index >= 15 is 0 Å². The molecule has 15 heavy (non-hydrogen) atoms. The maximum atomic E-state index is 11.8. The highest BCUT2D eigenvalue weighted by Crippen LogP contribution is 2.16. The van der Waals surface area contributed by atoms with Crippen LogP contribution in [0.15, 0.2) is 16.8 Å². The summed E-state index contributed by atoms with van der Waals surface area (Å²) in [5.74, 6) is 0.131. The summed E-state index contributed by atoms with van der Waals surface area (Å²) in [7, 11) is 0. The predicted octanol–water partition coefficient (Wildman–Crippen LogP) is 1.68. The van der Waals surface area contributed by atoms with Crippen molar-refractivity contribution in [3.63, 3.8) is 0 Å². The molecule has 1 amide bonds. The summed E-state index contributed by atoms with van der Waals surface area (Å²) in [6.45, 7) is 2.99. The molecule has 4 heteroatoms. The van der Waals surface area contributed by atoms with E-state index in [1.807, 2.05) is 12.3 Å². The van der Waals surface area contributed by atoms with E-state index in [-0.39, 0.29) is 18.0 Å². The van der Waals surface area contributed by atoms with Crippen molar-refractivity contribution in [3.05, 3.63) is 22.4 Å². The molecular weight excluding hydrogens is 208 g/mol. The highest BCUT2D eigenvalue weighted by atomic mass is 32.1. The minimum atomic E-state index is 0.0195. The van der Waals surface area contributed by atoms with Crippen molar-refractivity contribution in [1.29, 1.82) is 0 Å². The number of hydrogen-bond acceptors (Lipinski definition) is 3. The third kappa shape index (κ3) is 2.58. The first-order chi connectivity index (χ1) is 7.27. The monoisotopic (exact) mass is 224 g/mol. The molecule has 0 aliphatic carbocycles. The quantitative estimate of drug-likeness (QED) is 0.820. The summed E-state index contributed by atoms with van der Waals surface area (Å²) in [6, 6.07) is 2.19. The Morgan fingerprint density at radius 2 is 2.60 bits per heavy atom. The average molecular weight is 224 g/mol. The second-order valence-electron chi connectivity index (χ2n) is 3.94. The molecule has 1 aromatic rings. The van der Waals surface area contributed by atoms with Gasteiger partial charge in [-0.3, -0.25) is 4.79 Å². The van der Waals surface area contributed by atoms with E-state index in [4.69, 9.17) is 0 Å². The van der Waals surface area contributed by atoms with Gasteiger partial charge in [-0.2, -0.15) is 11.3 Å². The van der Waals surface area contributed by atoms with Gasteiger partial charge in [0.05, 0.1) is 12.1 Å². The van der Waals surface area contributed by atoms with Gasteiger partial charge in [-0.05, 0) is 48.7 Å². The summed E-state index contributed by atoms with van der Waals surface area (Å²) in [4.78, 5) is 11.8. The van der Waals surface area contributed by atoms with Crippen LogP contribution in [-0.4, -0.2) is 18.5 Å². The van der Waals surface area contributed by atoms with Gasteiger partial charge in [-0.1, -0.05) is 0 Å². The van der Waals surface area contributed by atoms with E-state index in [0.717, 1.165) is 19.4 Å². The van der Waals surface area contributed by atoms with Crippen molar-refractivity contribution < 1.29 is 4.79 Å². The lowest BCUT2D eigenvalue weighted by Gasteiger charge is -2.16. The van der Waals surface area contributed by atoms with Crippen molar-refractivity contribution in [2.75, 3.05) is 6.54 Å². The zero-order chi connectivity index (χ0) is 10.7. The zero-order valence-electron chi connectivity index (χ0n) is 8.82. The van der Waals surface area contributed by atoms with E-state index in [0.29, 0.717) is 0 Å². The van der Waals surface area contributed by atoms with Gasteiger partial charge in [-0.15, -0.1) is 0 Å². The molecule has 3 nitrogen and oxygen atoms in total. The van der Waals surface area contributed by atoms with Gasteiger partial charge in [0, 0.05) is 0 Å². The third-order valence-corrected chi connectivity index (χ3v) is 3.48. The molecule has 0 saturated carbocycles. The van der Waals surface area contributed by atoms with Gasteiger partial charge in [0.15, 0.2) is 0 Å². The lowest BCUT2D eigenvalue weighted by Crippen LogP contribution is -2.41. The summed E-state index contributed by atoms with van der Waals surface area (Å²) in [6.07, 6.45) is 2.06. The smallest absolute Gasteiger partial charge is 0.237 e. The first kappa shape index (κ1) is 10.6. The molecule has 1 fully saturated rings. The molecule has 1 saturated heterocycles. The second kappa shape index (κ2) is 4.77. The second-order valence-corrected chi connectivity index (χ2v) is 4.72. The van der Waals surface area contributed by atoms with Crippen LogP contribution >= 0.6 is 11.3 Å².